The highest BCUT2D eigenvalue weighted by atomic mass is 32.2. The number of nitrogen functional groups attached to an aromatic ring is 1. The number of likely N-dealkylation sites (tertiary alicyclic amines) is 1. The van der Waals surface area contributed by atoms with E-state index in [9.17, 15) is 26.4 Å². The first kappa shape index (κ1) is 30.5. The van der Waals surface area contributed by atoms with E-state index in [-0.39, 0.29) is 11.5 Å². The summed E-state index contributed by atoms with van der Waals surface area (Å²) in [4.78, 5) is 13.0. The molecule has 2 aromatic carbocycles. The third-order valence-electron chi connectivity index (χ3n) is 6.19. The van der Waals surface area contributed by atoms with Crippen LogP contribution in [-0.2, 0) is 21.0 Å². The van der Waals surface area contributed by atoms with Gasteiger partial charge in [-0.15, -0.1) is 0 Å². The molecular formula is C26H30F3N5O5S. The molecule has 1 saturated heterocycles. The predicted octanol–water partition coefficient (Wildman–Crippen LogP) is 3.76. The number of anilines is 1. The van der Waals surface area contributed by atoms with Gasteiger partial charge in [-0.1, -0.05) is 30.4 Å². The highest BCUT2D eigenvalue weighted by molar-refractivity contribution is 7.93. The maximum absolute atomic E-state index is 14.1. The van der Waals surface area contributed by atoms with Gasteiger partial charge in [-0.25, -0.2) is 8.42 Å². The van der Waals surface area contributed by atoms with Gasteiger partial charge in [-0.05, 0) is 36.8 Å². The van der Waals surface area contributed by atoms with Gasteiger partial charge in [0.25, 0.3) is 0 Å². The highest BCUT2D eigenvalue weighted by Gasteiger charge is 2.37. The molecule has 3 rings (SSSR count). The Balaban J connectivity index is 1.93. The van der Waals surface area contributed by atoms with Crippen LogP contribution in [0, 0.1) is 10.8 Å². The second kappa shape index (κ2) is 12.4. The number of benzene rings is 2. The predicted molar refractivity (Wildman–Crippen MR) is 145 cm³/mol. The van der Waals surface area contributed by atoms with E-state index in [0.29, 0.717) is 53.3 Å². The standard InChI is InChI=1S/C26H30F3N5O5S/c1-17(30)33-12-9-21(10-13-33)39-23-8-7-20(15-22(23)26(27,28)29)34(40(37,38)16-24(35)36)11-3-5-18-4-2-6-19(14-18)25(31)32/h2-8,14-15,21,30H,9-13,16H2,1H3,(H3,31,32)(H,35,36). The number of rotatable bonds is 10. The lowest BCUT2D eigenvalue weighted by Crippen LogP contribution is -2.40. The van der Waals surface area contributed by atoms with Gasteiger partial charge in [0.1, 0.15) is 17.7 Å². The Bertz CT molecular complexity index is 1400. The van der Waals surface area contributed by atoms with Crippen LogP contribution in [-0.4, -0.2) is 67.6 Å². The maximum Gasteiger partial charge on any atom is 0.420 e. The Morgan fingerprint density at radius 2 is 1.88 bits per heavy atom. The first-order valence-electron chi connectivity index (χ1n) is 12.2. The monoisotopic (exact) mass is 581 g/mol. The average molecular weight is 582 g/mol. The number of carboxylic acids is 1. The summed E-state index contributed by atoms with van der Waals surface area (Å²) in [6.45, 7) is 2.09. The van der Waals surface area contributed by atoms with Crippen molar-refractivity contribution < 1.29 is 36.2 Å². The third kappa shape index (κ3) is 7.97. The van der Waals surface area contributed by atoms with E-state index >= 15 is 0 Å². The van der Waals surface area contributed by atoms with Crippen molar-refractivity contribution in [3.05, 3.63) is 65.2 Å². The molecule has 216 valence electrons. The number of ether oxygens (including phenoxy) is 1. The summed E-state index contributed by atoms with van der Waals surface area (Å²) in [6.07, 6.45) is -1.75. The van der Waals surface area contributed by atoms with Gasteiger partial charge in [-0.3, -0.25) is 19.9 Å². The van der Waals surface area contributed by atoms with Crippen molar-refractivity contribution in [1.29, 1.82) is 10.8 Å². The minimum Gasteiger partial charge on any atom is -0.490 e. The van der Waals surface area contributed by atoms with Gasteiger partial charge < -0.3 is 20.5 Å². The molecule has 1 aliphatic heterocycles. The smallest absolute Gasteiger partial charge is 0.420 e. The second-order valence-electron chi connectivity index (χ2n) is 9.19. The van der Waals surface area contributed by atoms with Crippen molar-refractivity contribution in [3.8, 4) is 5.75 Å². The zero-order valence-corrected chi connectivity index (χ0v) is 22.4. The lowest BCUT2D eigenvalue weighted by molar-refractivity contribution is -0.139. The number of alkyl halides is 3. The molecule has 0 atom stereocenters. The molecule has 0 aromatic heterocycles. The van der Waals surface area contributed by atoms with Crippen LogP contribution in [0.15, 0.2) is 48.5 Å². The molecule has 0 spiro atoms. The molecule has 0 bridgehead atoms. The van der Waals surface area contributed by atoms with Crippen LogP contribution in [0.3, 0.4) is 0 Å². The first-order valence-corrected chi connectivity index (χ1v) is 13.8. The summed E-state index contributed by atoms with van der Waals surface area (Å²) < 4.78 is 74.3. The van der Waals surface area contributed by atoms with E-state index in [4.69, 9.17) is 26.4 Å². The zero-order valence-electron chi connectivity index (χ0n) is 21.6. The number of carbonyl (C=O) groups is 1. The summed E-state index contributed by atoms with van der Waals surface area (Å²) in [5, 5.41) is 24.3. The fraction of sp³-hybridized carbons (Fsp3) is 0.346. The lowest BCUT2D eigenvalue weighted by Gasteiger charge is -2.33. The van der Waals surface area contributed by atoms with Crippen molar-refractivity contribution in [3.63, 3.8) is 0 Å². The Labute approximate surface area is 229 Å². The molecule has 10 nitrogen and oxygen atoms in total. The second-order valence-corrected chi connectivity index (χ2v) is 11.1. The number of aliphatic carboxylic acids is 1. The molecule has 1 aliphatic rings. The van der Waals surface area contributed by atoms with Crippen LogP contribution in [0.4, 0.5) is 18.9 Å². The quantitative estimate of drug-likeness (QED) is 0.245. The highest BCUT2D eigenvalue weighted by Crippen LogP contribution is 2.40. The van der Waals surface area contributed by atoms with Gasteiger partial charge in [0, 0.05) is 31.5 Å². The molecule has 0 radical (unpaired) electrons. The van der Waals surface area contributed by atoms with Crippen molar-refractivity contribution in [1.82, 2.24) is 4.90 Å². The summed E-state index contributed by atoms with van der Waals surface area (Å²) >= 11 is 0. The van der Waals surface area contributed by atoms with E-state index in [2.05, 4.69) is 0 Å². The van der Waals surface area contributed by atoms with Crippen molar-refractivity contribution in [2.24, 2.45) is 5.73 Å². The van der Waals surface area contributed by atoms with Crippen molar-refractivity contribution >= 4 is 39.4 Å². The van der Waals surface area contributed by atoms with Gasteiger partial charge >= 0.3 is 12.1 Å². The first-order chi connectivity index (χ1) is 18.7. The molecule has 5 N–H and O–H groups in total. The van der Waals surface area contributed by atoms with E-state index < -0.39 is 51.9 Å². The van der Waals surface area contributed by atoms with Gasteiger partial charge in [0.15, 0.2) is 5.75 Å². The fourth-order valence-corrected chi connectivity index (χ4v) is 5.41. The molecule has 1 fully saturated rings. The third-order valence-corrected chi connectivity index (χ3v) is 7.83. The number of hydrogen-bond acceptors (Lipinski definition) is 6. The molecule has 0 amide bonds. The summed E-state index contributed by atoms with van der Waals surface area (Å²) in [7, 11) is -4.57. The van der Waals surface area contributed by atoms with Crippen LogP contribution >= 0.6 is 0 Å². The number of sulfonamides is 1. The summed E-state index contributed by atoms with van der Waals surface area (Å²) in [6, 6.07) is 9.26. The van der Waals surface area contributed by atoms with E-state index in [1.54, 1.807) is 36.1 Å². The fourth-order valence-electron chi connectivity index (χ4n) is 4.19. The molecule has 2 aromatic rings. The lowest BCUT2D eigenvalue weighted by atomic mass is 10.1. The van der Waals surface area contributed by atoms with E-state index in [1.165, 1.54) is 12.2 Å². The minimum atomic E-state index is -4.89. The van der Waals surface area contributed by atoms with Crippen LogP contribution in [0.2, 0.25) is 0 Å². The normalized spacial score (nSPS) is 14.8. The van der Waals surface area contributed by atoms with Crippen molar-refractivity contribution in [2.75, 3.05) is 29.7 Å². The molecule has 0 aliphatic carbocycles. The average Bonchev–Trinajstić information content (AvgIpc) is 2.86. The topological polar surface area (TPSA) is 161 Å². The Morgan fingerprint density at radius 1 is 1.20 bits per heavy atom. The van der Waals surface area contributed by atoms with Crippen LogP contribution in [0.1, 0.15) is 36.5 Å². The molecule has 1 heterocycles. The number of amidine groups is 2. The molecular weight excluding hydrogens is 551 g/mol. The maximum atomic E-state index is 14.1. The zero-order chi connectivity index (χ0) is 29.7. The Kier molecular flexibility index (Phi) is 9.45. The van der Waals surface area contributed by atoms with E-state index in [1.807, 2.05) is 0 Å². The largest absolute Gasteiger partial charge is 0.490 e. The summed E-state index contributed by atoms with van der Waals surface area (Å²) in [5.41, 5.74) is 4.88. The molecule has 40 heavy (non-hydrogen) atoms. The van der Waals surface area contributed by atoms with Crippen LogP contribution < -0.4 is 14.8 Å². The van der Waals surface area contributed by atoms with Gasteiger partial charge in [0.2, 0.25) is 10.0 Å². The number of piperidine rings is 1. The van der Waals surface area contributed by atoms with Crippen LogP contribution in [0.25, 0.3) is 6.08 Å². The SMILES string of the molecule is CC(=N)N1CCC(Oc2ccc(N(CC=Cc3cccc(C(=N)N)c3)S(=O)(=O)CC(=O)O)cc2C(F)(F)F)CC1. The Hall–Kier alpha value is -4.07. The van der Waals surface area contributed by atoms with Crippen molar-refractivity contribution in [2.45, 2.75) is 32.0 Å². The number of carboxylic acid groups (broad SMARTS) is 1. The number of nitrogens with two attached hydrogens (primary N) is 1. The minimum absolute atomic E-state index is 0.182. The summed E-state index contributed by atoms with van der Waals surface area (Å²) in [5.74, 6) is -3.27. The molecule has 0 unspecified atom stereocenters. The van der Waals surface area contributed by atoms with Gasteiger partial charge in [-0.2, -0.15) is 13.2 Å². The number of hydrogen-bond donors (Lipinski definition) is 4. The van der Waals surface area contributed by atoms with E-state index in [0.717, 1.165) is 12.1 Å². The molecule has 0 saturated carbocycles. The number of nitrogens with one attached hydrogen (secondary N) is 2. The van der Waals surface area contributed by atoms with Gasteiger partial charge in [0.05, 0.1) is 23.6 Å². The number of nitrogens with zero attached hydrogens (tertiary/aromatic N) is 2. The Morgan fingerprint density at radius 3 is 2.45 bits per heavy atom. The van der Waals surface area contributed by atoms with Crippen LogP contribution in [0.5, 0.6) is 5.75 Å². The molecule has 14 heteroatoms. The number of halogens is 3.